The van der Waals surface area contributed by atoms with Crippen molar-refractivity contribution in [3.8, 4) is 0 Å². The minimum absolute atomic E-state index is 0.0103. The van der Waals surface area contributed by atoms with Crippen LogP contribution in [0.15, 0.2) is 28.9 Å². The molecule has 0 aliphatic carbocycles. The second-order valence-electron chi connectivity index (χ2n) is 8.77. The van der Waals surface area contributed by atoms with E-state index in [-0.39, 0.29) is 23.8 Å². The van der Waals surface area contributed by atoms with Gasteiger partial charge in [0.25, 0.3) is 0 Å². The van der Waals surface area contributed by atoms with Crippen molar-refractivity contribution in [2.24, 2.45) is 5.41 Å². The number of piperidine rings is 2. The van der Waals surface area contributed by atoms with Gasteiger partial charge in [-0.1, -0.05) is 6.08 Å². The first-order valence-electron chi connectivity index (χ1n) is 10.7. The Bertz CT molecular complexity index is 737. The molecule has 1 aromatic heterocycles. The van der Waals surface area contributed by atoms with Gasteiger partial charge in [0.1, 0.15) is 5.76 Å². The molecule has 3 aliphatic rings. The molecular weight excluding hydrogens is 370 g/mol. The topological polar surface area (TPSA) is 77.2 Å². The number of amides is 2. The van der Waals surface area contributed by atoms with Crippen molar-refractivity contribution in [2.75, 3.05) is 45.8 Å². The van der Waals surface area contributed by atoms with Gasteiger partial charge in [-0.15, -0.1) is 0 Å². The van der Waals surface area contributed by atoms with Crippen LogP contribution in [0, 0.1) is 5.41 Å². The molecule has 4 rings (SSSR count). The monoisotopic (exact) mass is 401 g/mol. The minimum atomic E-state index is -0.479. The van der Waals surface area contributed by atoms with Crippen LogP contribution in [0.2, 0.25) is 0 Å². The van der Waals surface area contributed by atoms with Gasteiger partial charge in [0.15, 0.2) is 0 Å². The molecule has 158 valence electrons. The number of hydrogen-bond acceptors (Lipinski definition) is 5. The molecule has 0 saturated carbocycles. The molecule has 7 nitrogen and oxygen atoms in total. The van der Waals surface area contributed by atoms with Crippen molar-refractivity contribution >= 4 is 17.9 Å². The zero-order valence-corrected chi connectivity index (χ0v) is 17.0. The van der Waals surface area contributed by atoms with Gasteiger partial charge in [-0.25, -0.2) is 0 Å². The lowest BCUT2D eigenvalue weighted by Gasteiger charge is -2.49. The van der Waals surface area contributed by atoms with Crippen LogP contribution in [0.5, 0.6) is 0 Å². The van der Waals surface area contributed by atoms with Gasteiger partial charge in [0.05, 0.1) is 18.9 Å². The summed E-state index contributed by atoms with van der Waals surface area (Å²) in [4.78, 5) is 30.5. The van der Waals surface area contributed by atoms with Crippen molar-refractivity contribution < 1.29 is 19.1 Å². The second-order valence-corrected chi connectivity index (χ2v) is 8.77. The van der Waals surface area contributed by atoms with E-state index in [1.807, 2.05) is 18.2 Å². The van der Waals surface area contributed by atoms with Crippen LogP contribution in [0.4, 0.5) is 0 Å². The van der Waals surface area contributed by atoms with E-state index in [1.54, 1.807) is 16.1 Å². The summed E-state index contributed by atoms with van der Waals surface area (Å²) in [6, 6.07) is 3.82. The van der Waals surface area contributed by atoms with Crippen LogP contribution < -0.4 is 0 Å². The lowest BCUT2D eigenvalue weighted by atomic mass is 9.71. The molecule has 0 bridgehead atoms. The molecule has 3 saturated heterocycles. The van der Waals surface area contributed by atoms with Crippen LogP contribution in [0.25, 0.3) is 6.08 Å². The quantitative estimate of drug-likeness (QED) is 0.811. The summed E-state index contributed by atoms with van der Waals surface area (Å²) in [6.45, 7) is 4.71. The number of rotatable bonds is 5. The lowest BCUT2D eigenvalue weighted by Crippen LogP contribution is -2.56. The maximum Gasteiger partial charge on any atom is 0.242 e. The van der Waals surface area contributed by atoms with E-state index in [1.165, 1.54) is 0 Å². The minimum Gasteiger partial charge on any atom is -0.465 e. The first-order chi connectivity index (χ1) is 14.0. The molecule has 3 aliphatic heterocycles. The predicted octanol–water partition coefficient (Wildman–Crippen LogP) is 1.59. The highest BCUT2D eigenvalue weighted by atomic mass is 16.3. The van der Waals surface area contributed by atoms with Gasteiger partial charge in [0, 0.05) is 32.6 Å². The number of hydrogen-bond donors (Lipinski definition) is 1. The second kappa shape index (κ2) is 8.71. The molecule has 1 aromatic rings. The fourth-order valence-corrected chi connectivity index (χ4v) is 4.95. The van der Waals surface area contributed by atoms with Gasteiger partial charge in [0.2, 0.25) is 11.8 Å². The Labute approximate surface area is 171 Å². The van der Waals surface area contributed by atoms with E-state index in [0.717, 1.165) is 51.1 Å². The fraction of sp³-hybridized carbons (Fsp3) is 0.636. The molecule has 29 heavy (non-hydrogen) atoms. The number of aliphatic hydroxyl groups excluding tert-OH is 1. The maximum atomic E-state index is 12.8. The molecule has 1 N–H and O–H groups in total. The average molecular weight is 402 g/mol. The molecule has 0 radical (unpaired) electrons. The van der Waals surface area contributed by atoms with E-state index in [2.05, 4.69) is 11.0 Å². The molecule has 4 heterocycles. The standard InChI is InChI=1S/C22H31N3O4/c26-18-14-22(17-25(15-18)21(28)16-24-10-2-6-20(24)27)7-11-23(12-8-22)9-1-4-19-5-3-13-29-19/h1,3-5,13,18,26H,2,6-12,14-17H2/b4-1+. The largest absolute Gasteiger partial charge is 0.465 e. The average Bonchev–Trinajstić information content (AvgIpc) is 3.35. The Morgan fingerprint density at radius 1 is 1.31 bits per heavy atom. The van der Waals surface area contributed by atoms with Crippen LogP contribution in [0.3, 0.4) is 0 Å². The number of carbonyl (C=O) groups is 2. The van der Waals surface area contributed by atoms with Crippen molar-refractivity contribution in [3.05, 3.63) is 30.2 Å². The van der Waals surface area contributed by atoms with Crippen LogP contribution in [-0.2, 0) is 9.59 Å². The Hall–Kier alpha value is -2.12. The number of likely N-dealkylation sites (tertiary alicyclic amines) is 3. The van der Waals surface area contributed by atoms with E-state index in [4.69, 9.17) is 4.42 Å². The van der Waals surface area contributed by atoms with Gasteiger partial charge in [-0.2, -0.15) is 0 Å². The number of aliphatic hydroxyl groups is 1. The highest BCUT2D eigenvalue weighted by Crippen LogP contribution is 2.40. The van der Waals surface area contributed by atoms with Crippen LogP contribution >= 0.6 is 0 Å². The molecule has 1 atom stereocenters. The lowest BCUT2D eigenvalue weighted by molar-refractivity contribution is -0.144. The third kappa shape index (κ3) is 4.90. The van der Waals surface area contributed by atoms with Gasteiger partial charge in [-0.3, -0.25) is 14.5 Å². The number of β-amino-alcohol motifs (C(OH)–C–C–N with tert-alkyl or cyclic N) is 1. The number of nitrogens with zero attached hydrogens (tertiary/aromatic N) is 3. The SMILES string of the molecule is O=C1CCCN1CC(=O)N1CC(O)CC2(CCN(C/C=C/c3ccco3)CC2)C1. The van der Waals surface area contributed by atoms with E-state index in [9.17, 15) is 14.7 Å². The van der Waals surface area contributed by atoms with Crippen molar-refractivity contribution in [1.82, 2.24) is 14.7 Å². The third-order valence-electron chi connectivity index (χ3n) is 6.58. The third-order valence-corrected chi connectivity index (χ3v) is 6.58. The Kier molecular flexibility index (Phi) is 6.06. The summed E-state index contributed by atoms with van der Waals surface area (Å²) in [5.41, 5.74) is -0.0103. The predicted molar refractivity (Wildman–Crippen MR) is 109 cm³/mol. The van der Waals surface area contributed by atoms with Gasteiger partial charge < -0.3 is 19.3 Å². The Morgan fingerprint density at radius 2 is 2.14 bits per heavy atom. The smallest absolute Gasteiger partial charge is 0.242 e. The van der Waals surface area contributed by atoms with E-state index in [0.29, 0.717) is 26.1 Å². The van der Waals surface area contributed by atoms with Crippen molar-refractivity contribution in [2.45, 2.75) is 38.2 Å². The number of furan rings is 1. The van der Waals surface area contributed by atoms with Crippen molar-refractivity contribution in [1.29, 1.82) is 0 Å². The molecule has 3 fully saturated rings. The van der Waals surface area contributed by atoms with Gasteiger partial charge in [-0.05, 0) is 62.4 Å². The summed E-state index contributed by atoms with van der Waals surface area (Å²) in [7, 11) is 0. The first-order valence-corrected chi connectivity index (χ1v) is 10.7. The summed E-state index contributed by atoms with van der Waals surface area (Å²) < 4.78 is 5.32. The molecule has 0 aromatic carbocycles. The Morgan fingerprint density at radius 3 is 2.83 bits per heavy atom. The zero-order chi connectivity index (χ0) is 20.3. The van der Waals surface area contributed by atoms with Crippen LogP contribution in [-0.4, -0.2) is 83.5 Å². The Balaban J connectivity index is 1.29. The molecule has 7 heteroatoms. The molecule has 1 unspecified atom stereocenters. The summed E-state index contributed by atoms with van der Waals surface area (Å²) in [5, 5.41) is 10.5. The van der Waals surface area contributed by atoms with E-state index < -0.39 is 6.10 Å². The zero-order valence-electron chi connectivity index (χ0n) is 17.0. The molecular formula is C22H31N3O4. The van der Waals surface area contributed by atoms with Gasteiger partial charge >= 0.3 is 0 Å². The first kappa shape index (κ1) is 20.2. The molecule has 1 spiro atoms. The van der Waals surface area contributed by atoms with Crippen LogP contribution in [0.1, 0.15) is 37.9 Å². The van der Waals surface area contributed by atoms with Crippen molar-refractivity contribution in [3.63, 3.8) is 0 Å². The van der Waals surface area contributed by atoms with E-state index >= 15 is 0 Å². The molecule has 2 amide bonds. The fourth-order valence-electron chi connectivity index (χ4n) is 4.95. The normalized spacial score (nSPS) is 25.4. The summed E-state index contributed by atoms with van der Waals surface area (Å²) >= 11 is 0. The highest BCUT2D eigenvalue weighted by molar-refractivity contribution is 5.86. The highest BCUT2D eigenvalue weighted by Gasteiger charge is 2.43. The summed E-state index contributed by atoms with van der Waals surface area (Å²) in [5.74, 6) is 0.906. The summed E-state index contributed by atoms with van der Waals surface area (Å²) in [6.07, 6.45) is 9.40. The number of carbonyl (C=O) groups excluding carboxylic acids is 2. The maximum absolute atomic E-state index is 12.8.